The summed E-state index contributed by atoms with van der Waals surface area (Å²) in [5, 5.41) is 6.71. The van der Waals surface area contributed by atoms with Crippen molar-refractivity contribution in [3.63, 3.8) is 0 Å². The van der Waals surface area contributed by atoms with Gasteiger partial charge in [-0.15, -0.1) is 24.0 Å². The number of aliphatic imine (C=N–C) groups is 1. The molecule has 25 heavy (non-hydrogen) atoms. The molecule has 0 aliphatic carbocycles. The van der Waals surface area contributed by atoms with Gasteiger partial charge in [-0.25, -0.2) is 0 Å². The van der Waals surface area contributed by atoms with Crippen molar-refractivity contribution in [3.05, 3.63) is 35.4 Å². The Hall–Kier alpha value is -0.860. The average Bonchev–Trinajstić information content (AvgIpc) is 3.14. The van der Waals surface area contributed by atoms with Crippen LogP contribution in [0.5, 0.6) is 0 Å². The molecule has 1 saturated heterocycles. The Labute approximate surface area is 169 Å². The minimum atomic E-state index is 0. The van der Waals surface area contributed by atoms with Crippen molar-refractivity contribution in [2.24, 2.45) is 4.99 Å². The van der Waals surface area contributed by atoms with Crippen molar-refractivity contribution in [1.82, 2.24) is 10.6 Å². The third-order valence-corrected chi connectivity index (χ3v) is 4.25. The summed E-state index contributed by atoms with van der Waals surface area (Å²) in [6, 6.07) is 8.51. The van der Waals surface area contributed by atoms with Crippen molar-refractivity contribution in [1.29, 1.82) is 0 Å². The van der Waals surface area contributed by atoms with E-state index in [4.69, 9.17) is 9.47 Å². The molecule has 142 valence electrons. The van der Waals surface area contributed by atoms with Gasteiger partial charge in [-0.05, 0) is 36.8 Å². The zero-order chi connectivity index (χ0) is 17.0. The lowest BCUT2D eigenvalue weighted by Gasteiger charge is -2.14. The molecule has 1 fully saturated rings. The molecule has 0 bridgehead atoms. The molecule has 1 atom stereocenters. The Morgan fingerprint density at radius 3 is 2.76 bits per heavy atom. The SMILES string of the molecule is CCc1ccccc1CNC(=NC)NCCCOCC1CCCO1.I. The van der Waals surface area contributed by atoms with E-state index < -0.39 is 0 Å². The minimum absolute atomic E-state index is 0. The van der Waals surface area contributed by atoms with Gasteiger partial charge in [0.05, 0.1) is 12.7 Å². The van der Waals surface area contributed by atoms with E-state index in [2.05, 4.69) is 46.8 Å². The molecule has 0 spiro atoms. The van der Waals surface area contributed by atoms with Crippen LogP contribution in [0.4, 0.5) is 0 Å². The summed E-state index contributed by atoms with van der Waals surface area (Å²) >= 11 is 0. The van der Waals surface area contributed by atoms with E-state index in [0.717, 1.165) is 58.1 Å². The van der Waals surface area contributed by atoms with E-state index >= 15 is 0 Å². The first-order valence-corrected chi connectivity index (χ1v) is 9.04. The van der Waals surface area contributed by atoms with Gasteiger partial charge in [0.15, 0.2) is 5.96 Å². The van der Waals surface area contributed by atoms with Gasteiger partial charge in [-0.1, -0.05) is 31.2 Å². The lowest BCUT2D eigenvalue weighted by atomic mass is 10.1. The van der Waals surface area contributed by atoms with Crippen LogP contribution in [0.15, 0.2) is 29.3 Å². The monoisotopic (exact) mass is 461 g/mol. The Morgan fingerprint density at radius 2 is 2.08 bits per heavy atom. The molecule has 1 aliphatic heterocycles. The Bertz CT molecular complexity index is 505. The molecule has 1 aromatic rings. The van der Waals surface area contributed by atoms with Crippen molar-refractivity contribution in [3.8, 4) is 0 Å². The van der Waals surface area contributed by atoms with Crippen LogP contribution in [-0.4, -0.2) is 45.5 Å². The molecule has 0 saturated carbocycles. The van der Waals surface area contributed by atoms with E-state index in [0.29, 0.717) is 6.10 Å². The molecule has 1 unspecified atom stereocenters. The predicted molar refractivity (Wildman–Crippen MR) is 114 cm³/mol. The minimum Gasteiger partial charge on any atom is -0.379 e. The summed E-state index contributed by atoms with van der Waals surface area (Å²) in [6.07, 6.45) is 4.61. The number of aryl methyl sites for hydroxylation is 1. The fourth-order valence-corrected chi connectivity index (χ4v) is 2.85. The number of halogens is 1. The van der Waals surface area contributed by atoms with Gasteiger partial charge in [0.1, 0.15) is 0 Å². The summed E-state index contributed by atoms with van der Waals surface area (Å²) in [5.74, 6) is 0.833. The molecule has 1 aromatic carbocycles. The van der Waals surface area contributed by atoms with Gasteiger partial charge >= 0.3 is 0 Å². The van der Waals surface area contributed by atoms with Crippen molar-refractivity contribution >= 4 is 29.9 Å². The quantitative estimate of drug-likeness (QED) is 0.257. The van der Waals surface area contributed by atoms with Crippen LogP contribution < -0.4 is 10.6 Å². The molecular formula is C19H32IN3O2. The second-order valence-electron chi connectivity index (χ2n) is 6.04. The van der Waals surface area contributed by atoms with Crippen molar-refractivity contribution in [2.45, 2.75) is 45.3 Å². The third kappa shape index (κ3) is 8.37. The Kier molecular flexibility index (Phi) is 11.9. The third-order valence-electron chi connectivity index (χ3n) is 4.25. The Morgan fingerprint density at radius 1 is 1.28 bits per heavy atom. The topological polar surface area (TPSA) is 54.9 Å². The predicted octanol–water partition coefficient (Wildman–Crippen LogP) is 3.12. The number of hydrogen-bond acceptors (Lipinski definition) is 3. The second kappa shape index (κ2) is 13.4. The molecule has 2 rings (SSSR count). The van der Waals surface area contributed by atoms with E-state index in [9.17, 15) is 0 Å². The number of rotatable bonds is 9. The number of nitrogens with one attached hydrogen (secondary N) is 2. The maximum Gasteiger partial charge on any atom is 0.191 e. The van der Waals surface area contributed by atoms with Gasteiger partial charge in [0.2, 0.25) is 0 Å². The summed E-state index contributed by atoms with van der Waals surface area (Å²) in [6.45, 7) is 6.18. The zero-order valence-corrected chi connectivity index (χ0v) is 17.8. The van der Waals surface area contributed by atoms with Crippen LogP contribution in [0.2, 0.25) is 0 Å². The average molecular weight is 461 g/mol. The number of guanidine groups is 1. The molecular weight excluding hydrogens is 429 g/mol. The molecule has 2 N–H and O–H groups in total. The molecule has 6 heteroatoms. The number of benzene rings is 1. The fraction of sp³-hybridized carbons (Fsp3) is 0.632. The van der Waals surface area contributed by atoms with Crippen LogP contribution in [0.1, 0.15) is 37.3 Å². The van der Waals surface area contributed by atoms with Crippen LogP contribution >= 0.6 is 24.0 Å². The summed E-state index contributed by atoms with van der Waals surface area (Å²) in [4.78, 5) is 4.27. The summed E-state index contributed by atoms with van der Waals surface area (Å²) in [7, 11) is 1.80. The highest BCUT2D eigenvalue weighted by Gasteiger charge is 2.14. The van der Waals surface area contributed by atoms with Gasteiger partial charge in [0, 0.05) is 33.4 Å². The highest BCUT2D eigenvalue weighted by atomic mass is 127. The van der Waals surface area contributed by atoms with Crippen molar-refractivity contribution in [2.75, 3.05) is 33.4 Å². The standard InChI is InChI=1S/C19H31N3O2.HI/c1-3-16-8-4-5-9-17(16)14-22-19(20-2)21-11-7-12-23-15-18-10-6-13-24-18;/h4-5,8-9,18H,3,6-7,10-15H2,1-2H3,(H2,20,21,22);1H. The van der Waals surface area contributed by atoms with E-state index in [-0.39, 0.29) is 24.0 Å². The molecule has 0 aromatic heterocycles. The first-order valence-electron chi connectivity index (χ1n) is 9.04. The van der Waals surface area contributed by atoms with Gasteiger partial charge in [-0.2, -0.15) is 0 Å². The van der Waals surface area contributed by atoms with E-state index in [1.54, 1.807) is 7.05 Å². The fourth-order valence-electron chi connectivity index (χ4n) is 2.85. The van der Waals surface area contributed by atoms with Crippen molar-refractivity contribution < 1.29 is 9.47 Å². The van der Waals surface area contributed by atoms with Crippen LogP contribution in [0.3, 0.4) is 0 Å². The molecule has 5 nitrogen and oxygen atoms in total. The van der Waals surface area contributed by atoms with Crippen LogP contribution in [0, 0.1) is 0 Å². The number of hydrogen-bond donors (Lipinski definition) is 2. The lowest BCUT2D eigenvalue weighted by Crippen LogP contribution is -2.37. The highest BCUT2D eigenvalue weighted by molar-refractivity contribution is 14.0. The van der Waals surface area contributed by atoms with Gasteiger partial charge in [0.25, 0.3) is 0 Å². The molecule has 0 amide bonds. The first-order chi connectivity index (χ1) is 11.8. The Balaban J connectivity index is 0.00000312. The van der Waals surface area contributed by atoms with E-state index in [1.165, 1.54) is 17.5 Å². The number of nitrogens with zero attached hydrogens (tertiary/aromatic N) is 1. The van der Waals surface area contributed by atoms with Crippen LogP contribution in [0.25, 0.3) is 0 Å². The van der Waals surface area contributed by atoms with Gasteiger partial charge < -0.3 is 20.1 Å². The molecule has 1 aliphatic rings. The second-order valence-corrected chi connectivity index (χ2v) is 6.04. The molecule has 1 heterocycles. The summed E-state index contributed by atoms with van der Waals surface area (Å²) in [5.41, 5.74) is 2.70. The first kappa shape index (κ1) is 22.2. The maximum absolute atomic E-state index is 5.67. The van der Waals surface area contributed by atoms with Gasteiger partial charge in [-0.3, -0.25) is 4.99 Å². The zero-order valence-electron chi connectivity index (χ0n) is 15.4. The lowest BCUT2D eigenvalue weighted by molar-refractivity contribution is 0.0168. The highest BCUT2D eigenvalue weighted by Crippen LogP contribution is 2.11. The molecule has 0 radical (unpaired) electrons. The van der Waals surface area contributed by atoms with Crippen LogP contribution in [-0.2, 0) is 22.4 Å². The largest absolute Gasteiger partial charge is 0.379 e. The summed E-state index contributed by atoms with van der Waals surface area (Å²) < 4.78 is 11.2. The maximum atomic E-state index is 5.67. The normalized spacial score (nSPS) is 17.2. The number of ether oxygens (including phenoxy) is 2. The van der Waals surface area contributed by atoms with E-state index in [1.807, 2.05) is 0 Å². The smallest absolute Gasteiger partial charge is 0.191 e.